The van der Waals surface area contributed by atoms with Gasteiger partial charge in [-0.25, -0.2) is 0 Å². The fourth-order valence-corrected chi connectivity index (χ4v) is 6.60. The molecule has 0 N–H and O–H groups in total. The zero-order chi connectivity index (χ0) is 26.8. The standard InChI is InChI=1S/C35H48F2O/c1-3-5-6-7-8-28-11-19-32(20-12-28)33-21-13-29(14-22-33)25-35(36,37)38-26-30-15-23-34(24-16-30)31-17-9-27(4-2)10-18-31/h4,13-16,21-24,27-28,31-32H,2-3,5-12,17-20,25-26H2,1H3. The van der Waals surface area contributed by atoms with Gasteiger partial charge in [-0.1, -0.05) is 93.6 Å². The zero-order valence-electron chi connectivity index (χ0n) is 23.5. The quantitative estimate of drug-likeness (QED) is 0.188. The number of halogens is 2. The smallest absolute Gasteiger partial charge is 0.315 e. The number of allylic oxidation sites excluding steroid dienone is 1. The summed E-state index contributed by atoms with van der Waals surface area (Å²) in [7, 11) is 0. The predicted molar refractivity (Wildman–Crippen MR) is 155 cm³/mol. The van der Waals surface area contributed by atoms with Gasteiger partial charge in [-0.2, -0.15) is 8.78 Å². The molecule has 0 atom stereocenters. The van der Waals surface area contributed by atoms with Gasteiger partial charge < -0.3 is 4.74 Å². The molecule has 2 aromatic carbocycles. The zero-order valence-corrected chi connectivity index (χ0v) is 23.5. The van der Waals surface area contributed by atoms with E-state index in [-0.39, 0.29) is 13.0 Å². The highest BCUT2D eigenvalue weighted by atomic mass is 19.3. The van der Waals surface area contributed by atoms with Crippen LogP contribution in [0.25, 0.3) is 0 Å². The molecule has 38 heavy (non-hydrogen) atoms. The van der Waals surface area contributed by atoms with Crippen LogP contribution in [0.5, 0.6) is 0 Å². The van der Waals surface area contributed by atoms with Crippen molar-refractivity contribution in [1.82, 2.24) is 0 Å². The lowest BCUT2D eigenvalue weighted by Crippen LogP contribution is -2.23. The average Bonchev–Trinajstić information content (AvgIpc) is 2.95. The van der Waals surface area contributed by atoms with Gasteiger partial charge >= 0.3 is 6.11 Å². The van der Waals surface area contributed by atoms with E-state index in [1.54, 1.807) is 0 Å². The Morgan fingerprint density at radius 2 is 1.32 bits per heavy atom. The molecule has 2 aliphatic carbocycles. The monoisotopic (exact) mass is 522 g/mol. The van der Waals surface area contributed by atoms with Gasteiger partial charge in [0.15, 0.2) is 0 Å². The van der Waals surface area contributed by atoms with Crippen LogP contribution in [0.15, 0.2) is 61.2 Å². The van der Waals surface area contributed by atoms with Gasteiger partial charge in [0.05, 0.1) is 13.0 Å². The summed E-state index contributed by atoms with van der Waals surface area (Å²) in [5.41, 5.74) is 4.04. The molecule has 2 aromatic rings. The molecule has 0 aromatic heterocycles. The lowest BCUT2D eigenvalue weighted by Gasteiger charge is -2.29. The van der Waals surface area contributed by atoms with E-state index in [4.69, 9.17) is 4.74 Å². The van der Waals surface area contributed by atoms with Crippen LogP contribution in [0.3, 0.4) is 0 Å². The maximum atomic E-state index is 14.7. The van der Waals surface area contributed by atoms with Crippen LogP contribution >= 0.6 is 0 Å². The number of benzene rings is 2. The molecule has 0 amide bonds. The maximum Gasteiger partial charge on any atom is 0.360 e. The number of hydrogen-bond donors (Lipinski definition) is 0. The summed E-state index contributed by atoms with van der Waals surface area (Å²) in [5, 5.41) is 0. The first-order chi connectivity index (χ1) is 18.5. The fraction of sp³-hybridized carbons (Fsp3) is 0.600. The Hall–Kier alpha value is -2.00. The summed E-state index contributed by atoms with van der Waals surface area (Å²) < 4.78 is 34.4. The summed E-state index contributed by atoms with van der Waals surface area (Å²) in [6.07, 6.45) is 15.1. The molecular formula is C35H48F2O. The van der Waals surface area contributed by atoms with Gasteiger partial charge in [-0.05, 0) is 97.3 Å². The highest BCUT2D eigenvalue weighted by Crippen LogP contribution is 2.38. The number of alkyl halides is 2. The van der Waals surface area contributed by atoms with E-state index in [1.165, 1.54) is 94.6 Å². The van der Waals surface area contributed by atoms with E-state index < -0.39 is 6.11 Å². The largest absolute Gasteiger partial charge is 0.360 e. The lowest BCUT2D eigenvalue weighted by atomic mass is 9.77. The molecule has 0 radical (unpaired) electrons. The molecule has 2 aliphatic rings. The van der Waals surface area contributed by atoms with E-state index in [0.29, 0.717) is 23.3 Å². The Balaban J connectivity index is 1.20. The molecule has 1 nitrogen and oxygen atoms in total. The van der Waals surface area contributed by atoms with Crippen LogP contribution in [-0.4, -0.2) is 6.11 Å². The topological polar surface area (TPSA) is 9.23 Å². The second-order valence-corrected chi connectivity index (χ2v) is 12.0. The minimum atomic E-state index is -3.18. The molecule has 0 spiro atoms. The van der Waals surface area contributed by atoms with Crippen molar-refractivity contribution in [2.75, 3.05) is 0 Å². The highest BCUT2D eigenvalue weighted by molar-refractivity contribution is 5.27. The molecule has 0 unspecified atom stereocenters. The van der Waals surface area contributed by atoms with Crippen molar-refractivity contribution in [3.8, 4) is 0 Å². The molecular weight excluding hydrogens is 474 g/mol. The van der Waals surface area contributed by atoms with Crippen LogP contribution in [-0.2, 0) is 17.8 Å². The van der Waals surface area contributed by atoms with Crippen LogP contribution < -0.4 is 0 Å². The fourth-order valence-electron chi connectivity index (χ4n) is 6.60. The summed E-state index contributed by atoms with van der Waals surface area (Å²) in [5.74, 6) is 2.66. The average molecular weight is 523 g/mol. The van der Waals surface area contributed by atoms with Crippen molar-refractivity contribution in [2.45, 2.75) is 121 Å². The molecule has 0 bridgehead atoms. The first kappa shape index (κ1) is 29.0. The number of hydrogen-bond acceptors (Lipinski definition) is 1. The van der Waals surface area contributed by atoms with Crippen molar-refractivity contribution < 1.29 is 13.5 Å². The molecule has 0 aliphatic heterocycles. The van der Waals surface area contributed by atoms with Crippen LogP contribution in [0.2, 0.25) is 0 Å². The molecule has 0 saturated heterocycles. The van der Waals surface area contributed by atoms with Gasteiger partial charge in [0, 0.05) is 0 Å². The van der Waals surface area contributed by atoms with E-state index in [0.717, 1.165) is 11.5 Å². The number of ether oxygens (including phenoxy) is 1. The molecule has 3 heteroatoms. The summed E-state index contributed by atoms with van der Waals surface area (Å²) in [4.78, 5) is 0. The highest BCUT2D eigenvalue weighted by Gasteiger charge is 2.31. The number of rotatable bonds is 13. The Bertz CT molecular complexity index is 948. The van der Waals surface area contributed by atoms with Crippen molar-refractivity contribution >= 4 is 0 Å². The van der Waals surface area contributed by atoms with Crippen molar-refractivity contribution in [3.63, 3.8) is 0 Å². The molecule has 2 fully saturated rings. The number of unbranched alkanes of at least 4 members (excludes halogenated alkanes) is 3. The molecule has 208 valence electrons. The van der Waals surface area contributed by atoms with E-state index in [2.05, 4.69) is 43.8 Å². The van der Waals surface area contributed by atoms with Crippen LogP contribution in [0, 0.1) is 11.8 Å². The van der Waals surface area contributed by atoms with Gasteiger partial charge in [-0.3, -0.25) is 0 Å². The maximum absolute atomic E-state index is 14.7. The van der Waals surface area contributed by atoms with Crippen LogP contribution in [0.1, 0.15) is 124 Å². The van der Waals surface area contributed by atoms with Crippen LogP contribution in [0.4, 0.5) is 8.78 Å². The summed E-state index contributed by atoms with van der Waals surface area (Å²) >= 11 is 0. The first-order valence-corrected chi connectivity index (χ1v) is 15.3. The van der Waals surface area contributed by atoms with Gasteiger partial charge in [0.25, 0.3) is 0 Å². The normalized spacial score (nSPS) is 24.3. The lowest BCUT2D eigenvalue weighted by molar-refractivity contribution is -0.244. The minimum absolute atomic E-state index is 0.0732. The second kappa shape index (κ2) is 14.4. The third kappa shape index (κ3) is 8.76. The van der Waals surface area contributed by atoms with Crippen molar-refractivity contribution in [1.29, 1.82) is 0 Å². The SMILES string of the molecule is C=CC1CCC(c2ccc(COC(F)(F)Cc3ccc(C4CCC(CCCCCC)CC4)cc3)cc2)CC1. The second-order valence-electron chi connectivity index (χ2n) is 12.0. The predicted octanol–water partition coefficient (Wildman–Crippen LogP) is 10.7. The van der Waals surface area contributed by atoms with Crippen molar-refractivity contribution in [3.05, 3.63) is 83.4 Å². The Morgan fingerprint density at radius 1 is 0.763 bits per heavy atom. The summed E-state index contributed by atoms with van der Waals surface area (Å²) in [6.45, 7) is 6.11. The van der Waals surface area contributed by atoms with Crippen molar-refractivity contribution in [2.24, 2.45) is 11.8 Å². The Labute approximate surface area is 230 Å². The molecule has 2 saturated carbocycles. The first-order valence-electron chi connectivity index (χ1n) is 15.3. The minimum Gasteiger partial charge on any atom is -0.315 e. The van der Waals surface area contributed by atoms with Gasteiger partial charge in [0.2, 0.25) is 0 Å². The van der Waals surface area contributed by atoms with E-state index in [1.807, 2.05) is 24.3 Å². The molecule has 0 heterocycles. The van der Waals surface area contributed by atoms with Gasteiger partial charge in [0.1, 0.15) is 0 Å². The summed E-state index contributed by atoms with van der Waals surface area (Å²) in [6, 6.07) is 16.0. The third-order valence-corrected chi connectivity index (χ3v) is 9.18. The molecule has 4 rings (SSSR count). The Morgan fingerprint density at radius 3 is 1.87 bits per heavy atom. The van der Waals surface area contributed by atoms with Gasteiger partial charge in [-0.15, -0.1) is 6.58 Å². The van der Waals surface area contributed by atoms with E-state index in [9.17, 15) is 8.78 Å². The Kier molecular flexibility index (Phi) is 11.0. The third-order valence-electron chi connectivity index (χ3n) is 9.18. The van der Waals surface area contributed by atoms with E-state index >= 15 is 0 Å².